The standard InChI is InChI=1S/C13H18N6/c1-10-4-2-6-15-11(10)12-16-13(18-17-12)19-8-3-5-14-7-9-19/h2,4,6,14H,3,5,7-9H2,1H3,(H,16,17,18). The Morgan fingerprint density at radius 3 is 3.11 bits per heavy atom. The van der Waals surface area contributed by atoms with Gasteiger partial charge in [-0.3, -0.25) is 10.1 Å². The molecular formula is C13H18N6. The van der Waals surface area contributed by atoms with E-state index in [1.165, 1.54) is 0 Å². The summed E-state index contributed by atoms with van der Waals surface area (Å²) in [5, 5.41) is 10.7. The van der Waals surface area contributed by atoms with Crippen molar-refractivity contribution in [1.29, 1.82) is 0 Å². The number of aryl methyl sites for hydroxylation is 1. The maximum absolute atomic E-state index is 4.58. The van der Waals surface area contributed by atoms with Crippen LogP contribution in [0, 0.1) is 6.92 Å². The number of anilines is 1. The largest absolute Gasteiger partial charge is 0.338 e. The Balaban J connectivity index is 1.85. The second-order valence-corrected chi connectivity index (χ2v) is 4.74. The van der Waals surface area contributed by atoms with Crippen molar-refractivity contribution < 1.29 is 0 Å². The molecule has 0 saturated carbocycles. The summed E-state index contributed by atoms with van der Waals surface area (Å²) >= 11 is 0. The molecule has 100 valence electrons. The number of nitrogens with one attached hydrogen (secondary N) is 2. The van der Waals surface area contributed by atoms with E-state index in [1.54, 1.807) is 6.20 Å². The molecule has 2 aromatic rings. The van der Waals surface area contributed by atoms with Crippen molar-refractivity contribution in [3.63, 3.8) is 0 Å². The van der Waals surface area contributed by atoms with Gasteiger partial charge in [-0.1, -0.05) is 6.07 Å². The normalized spacial score (nSPS) is 16.4. The quantitative estimate of drug-likeness (QED) is 0.840. The lowest BCUT2D eigenvalue weighted by Gasteiger charge is -2.16. The zero-order chi connectivity index (χ0) is 13.1. The molecule has 3 rings (SSSR count). The summed E-state index contributed by atoms with van der Waals surface area (Å²) in [6.07, 6.45) is 2.90. The summed E-state index contributed by atoms with van der Waals surface area (Å²) in [5.74, 6) is 1.51. The SMILES string of the molecule is Cc1cccnc1-c1nc(N2CCCNCC2)n[nH]1. The molecule has 6 heteroatoms. The predicted octanol–water partition coefficient (Wildman–Crippen LogP) is 0.975. The van der Waals surface area contributed by atoms with Crippen LogP contribution < -0.4 is 10.2 Å². The highest BCUT2D eigenvalue weighted by molar-refractivity contribution is 5.55. The van der Waals surface area contributed by atoms with Gasteiger partial charge in [-0.2, -0.15) is 4.98 Å². The summed E-state index contributed by atoms with van der Waals surface area (Å²) in [4.78, 5) is 11.1. The van der Waals surface area contributed by atoms with Crippen LogP contribution in [0.1, 0.15) is 12.0 Å². The predicted molar refractivity (Wildman–Crippen MR) is 74.1 cm³/mol. The fourth-order valence-corrected chi connectivity index (χ4v) is 2.28. The molecule has 3 heterocycles. The zero-order valence-electron chi connectivity index (χ0n) is 11.1. The van der Waals surface area contributed by atoms with Gasteiger partial charge in [0.25, 0.3) is 0 Å². The number of H-pyrrole nitrogens is 1. The van der Waals surface area contributed by atoms with Gasteiger partial charge >= 0.3 is 0 Å². The van der Waals surface area contributed by atoms with Crippen molar-refractivity contribution in [2.45, 2.75) is 13.3 Å². The monoisotopic (exact) mass is 258 g/mol. The van der Waals surface area contributed by atoms with E-state index >= 15 is 0 Å². The van der Waals surface area contributed by atoms with Crippen molar-refractivity contribution in [2.75, 3.05) is 31.1 Å². The van der Waals surface area contributed by atoms with E-state index in [-0.39, 0.29) is 0 Å². The number of pyridine rings is 1. The van der Waals surface area contributed by atoms with Gasteiger partial charge in [0.05, 0.1) is 0 Å². The number of nitrogens with zero attached hydrogens (tertiary/aromatic N) is 4. The highest BCUT2D eigenvalue weighted by Gasteiger charge is 2.15. The van der Waals surface area contributed by atoms with Gasteiger partial charge in [-0.25, -0.2) is 0 Å². The Bertz CT molecular complexity index is 542. The highest BCUT2D eigenvalue weighted by Crippen LogP contribution is 2.18. The van der Waals surface area contributed by atoms with Crippen LogP contribution in [0.3, 0.4) is 0 Å². The minimum Gasteiger partial charge on any atom is -0.338 e. The van der Waals surface area contributed by atoms with Gasteiger partial charge in [0, 0.05) is 25.8 Å². The summed E-state index contributed by atoms with van der Waals surface area (Å²) in [5.41, 5.74) is 1.97. The summed E-state index contributed by atoms with van der Waals surface area (Å²) in [7, 11) is 0. The van der Waals surface area contributed by atoms with Crippen LogP contribution in [0.15, 0.2) is 18.3 Å². The second-order valence-electron chi connectivity index (χ2n) is 4.74. The molecule has 0 radical (unpaired) electrons. The lowest BCUT2D eigenvalue weighted by Crippen LogP contribution is -2.28. The van der Waals surface area contributed by atoms with E-state index in [0.29, 0.717) is 0 Å². The number of hydrogen-bond donors (Lipinski definition) is 2. The van der Waals surface area contributed by atoms with Crippen molar-refractivity contribution in [1.82, 2.24) is 25.5 Å². The molecule has 2 N–H and O–H groups in total. The minimum atomic E-state index is 0.741. The fourth-order valence-electron chi connectivity index (χ4n) is 2.28. The first-order chi connectivity index (χ1) is 9.34. The van der Waals surface area contributed by atoms with E-state index in [2.05, 4.69) is 30.4 Å². The first-order valence-corrected chi connectivity index (χ1v) is 6.64. The van der Waals surface area contributed by atoms with E-state index in [9.17, 15) is 0 Å². The Morgan fingerprint density at radius 1 is 1.26 bits per heavy atom. The molecule has 1 fully saturated rings. The summed E-state index contributed by atoms with van der Waals surface area (Å²) in [6, 6.07) is 3.96. The van der Waals surface area contributed by atoms with E-state index in [1.807, 2.05) is 19.1 Å². The van der Waals surface area contributed by atoms with Gasteiger partial charge in [0.1, 0.15) is 5.69 Å². The van der Waals surface area contributed by atoms with Crippen molar-refractivity contribution in [3.05, 3.63) is 23.9 Å². The van der Waals surface area contributed by atoms with Crippen LogP contribution in [0.5, 0.6) is 0 Å². The maximum Gasteiger partial charge on any atom is 0.245 e. The number of hydrogen-bond acceptors (Lipinski definition) is 5. The molecule has 0 amide bonds. The van der Waals surface area contributed by atoms with E-state index < -0.39 is 0 Å². The molecule has 1 aliphatic rings. The number of rotatable bonds is 2. The molecule has 6 nitrogen and oxygen atoms in total. The zero-order valence-corrected chi connectivity index (χ0v) is 11.1. The van der Waals surface area contributed by atoms with Crippen LogP contribution >= 0.6 is 0 Å². The Hall–Kier alpha value is -1.95. The third kappa shape index (κ3) is 2.58. The van der Waals surface area contributed by atoms with Crippen LogP contribution in [-0.4, -0.2) is 46.3 Å². The molecule has 0 bridgehead atoms. The van der Waals surface area contributed by atoms with Crippen molar-refractivity contribution in [3.8, 4) is 11.5 Å². The Labute approximate surface area is 112 Å². The summed E-state index contributed by atoms with van der Waals surface area (Å²) in [6.45, 7) is 6.00. The maximum atomic E-state index is 4.58. The van der Waals surface area contributed by atoms with E-state index in [4.69, 9.17) is 0 Å². The fraction of sp³-hybridized carbons (Fsp3) is 0.462. The molecule has 1 saturated heterocycles. The smallest absolute Gasteiger partial charge is 0.245 e. The Kier molecular flexibility index (Phi) is 3.41. The molecule has 2 aromatic heterocycles. The van der Waals surface area contributed by atoms with E-state index in [0.717, 1.165) is 55.6 Å². The highest BCUT2D eigenvalue weighted by atomic mass is 15.4. The van der Waals surface area contributed by atoms with Crippen LogP contribution in [-0.2, 0) is 0 Å². The van der Waals surface area contributed by atoms with Gasteiger partial charge < -0.3 is 10.2 Å². The van der Waals surface area contributed by atoms with Gasteiger partial charge in [-0.15, -0.1) is 5.10 Å². The van der Waals surface area contributed by atoms with Gasteiger partial charge in [-0.05, 0) is 31.5 Å². The molecule has 0 aliphatic carbocycles. The molecule has 0 aromatic carbocycles. The second kappa shape index (κ2) is 5.36. The number of aromatic amines is 1. The van der Waals surface area contributed by atoms with Crippen molar-refractivity contribution in [2.24, 2.45) is 0 Å². The third-order valence-corrected chi connectivity index (χ3v) is 3.33. The third-order valence-electron chi connectivity index (χ3n) is 3.33. The lowest BCUT2D eigenvalue weighted by molar-refractivity contribution is 0.724. The van der Waals surface area contributed by atoms with Gasteiger partial charge in [0.15, 0.2) is 5.82 Å². The number of aromatic nitrogens is 4. The van der Waals surface area contributed by atoms with Crippen LogP contribution in [0.4, 0.5) is 5.95 Å². The van der Waals surface area contributed by atoms with Crippen molar-refractivity contribution >= 4 is 5.95 Å². The molecule has 0 spiro atoms. The van der Waals surface area contributed by atoms with Crippen LogP contribution in [0.2, 0.25) is 0 Å². The molecule has 0 unspecified atom stereocenters. The first kappa shape index (κ1) is 12.1. The topological polar surface area (TPSA) is 69.7 Å². The molecule has 1 aliphatic heterocycles. The average Bonchev–Trinajstić information content (AvgIpc) is 2.75. The first-order valence-electron chi connectivity index (χ1n) is 6.64. The Morgan fingerprint density at radius 2 is 2.21 bits per heavy atom. The minimum absolute atomic E-state index is 0.741. The molecule has 0 atom stereocenters. The average molecular weight is 258 g/mol. The molecular weight excluding hydrogens is 240 g/mol. The van der Waals surface area contributed by atoms with Gasteiger partial charge in [0.2, 0.25) is 5.95 Å². The summed E-state index contributed by atoms with van der Waals surface area (Å²) < 4.78 is 0. The van der Waals surface area contributed by atoms with Crippen LogP contribution in [0.25, 0.3) is 11.5 Å². The lowest BCUT2D eigenvalue weighted by atomic mass is 10.2. The molecule has 19 heavy (non-hydrogen) atoms.